The van der Waals surface area contributed by atoms with Gasteiger partial charge in [-0.05, 0) is 42.5 Å². The Morgan fingerprint density at radius 1 is 0.548 bits per heavy atom. The summed E-state index contributed by atoms with van der Waals surface area (Å²) in [5.74, 6) is 0.203. The minimum atomic E-state index is -4.50. The maximum absolute atomic E-state index is 13.6. The summed E-state index contributed by atoms with van der Waals surface area (Å²) in [6.07, 6.45) is 3.00. The second-order valence-electron chi connectivity index (χ2n) is 6.42. The van der Waals surface area contributed by atoms with Crippen molar-refractivity contribution < 1.29 is 16.8 Å². The molecular weight excluding hydrogens is 434 g/mol. The van der Waals surface area contributed by atoms with Crippen molar-refractivity contribution in [2.75, 3.05) is 3.71 Å². The van der Waals surface area contributed by atoms with Gasteiger partial charge < -0.3 is 0 Å². The summed E-state index contributed by atoms with van der Waals surface area (Å²) in [5, 5.41) is 0. The highest BCUT2D eigenvalue weighted by molar-refractivity contribution is 8.10. The highest BCUT2D eigenvalue weighted by Crippen LogP contribution is 2.36. The van der Waals surface area contributed by atoms with E-state index in [4.69, 9.17) is 0 Å². The second-order valence-corrected chi connectivity index (χ2v) is 10.2. The van der Waals surface area contributed by atoms with E-state index in [1.165, 1.54) is 67.0 Å². The Bertz CT molecular complexity index is 1330. The Balaban J connectivity index is 2.03. The fourth-order valence-electron chi connectivity index (χ4n) is 3.02. The predicted molar refractivity (Wildman–Crippen MR) is 117 cm³/mol. The van der Waals surface area contributed by atoms with Gasteiger partial charge in [0, 0.05) is 18.0 Å². The Morgan fingerprint density at radius 2 is 1.00 bits per heavy atom. The number of anilines is 1. The van der Waals surface area contributed by atoms with Crippen LogP contribution >= 0.6 is 0 Å². The Morgan fingerprint density at radius 3 is 1.52 bits per heavy atom. The van der Waals surface area contributed by atoms with E-state index in [-0.39, 0.29) is 26.9 Å². The van der Waals surface area contributed by atoms with Gasteiger partial charge in [0.2, 0.25) is 0 Å². The number of sulfonamides is 2. The van der Waals surface area contributed by atoms with Crippen molar-refractivity contribution in [1.82, 2.24) is 9.97 Å². The lowest BCUT2D eigenvalue weighted by Crippen LogP contribution is -2.37. The normalized spacial score (nSPS) is 11.7. The molecule has 7 nitrogen and oxygen atoms in total. The first-order valence-electron chi connectivity index (χ1n) is 9.19. The first-order valence-corrected chi connectivity index (χ1v) is 12.1. The van der Waals surface area contributed by atoms with E-state index < -0.39 is 20.0 Å². The average Bonchev–Trinajstić information content (AvgIpc) is 2.81. The fourth-order valence-corrected chi connectivity index (χ4v) is 6.80. The Labute approximate surface area is 180 Å². The predicted octanol–water partition coefficient (Wildman–Crippen LogP) is 3.73. The molecule has 31 heavy (non-hydrogen) atoms. The van der Waals surface area contributed by atoms with Crippen molar-refractivity contribution in [2.24, 2.45) is 0 Å². The van der Waals surface area contributed by atoms with Crippen molar-refractivity contribution in [3.63, 3.8) is 0 Å². The van der Waals surface area contributed by atoms with E-state index in [1.807, 2.05) is 0 Å². The molecule has 156 valence electrons. The van der Waals surface area contributed by atoms with E-state index in [9.17, 15) is 16.8 Å². The van der Waals surface area contributed by atoms with E-state index in [0.717, 1.165) is 0 Å². The quantitative estimate of drug-likeness (QED) is 0.443. The third-order valence-corrected chi connectivity index (χ3v) is 8.61. The van der Waals surface area contributed by atoms with Crippen LogP contribution in [0.25, 0.3) is 11.4 Å². The zero-order chi connectivity index (χ0) is 21.9. The van der Waals surface area contributed by atoms with Gasteiger partial charge in [-0.2, -0.15) is 3.71 Å². The van der Waals surface area contributed by atoms with Gasteiger partial charge in [0.15, 0.2) is 5.82 Å². The number of benzene rings is 3. The maximum Gasteiger partial charge on any atom is 0.277 e. The van der Waals surface area contributed by atoms with Gasteiger partial charge in [-0.15, -0.1) is 0 Å². The molecule has 0 radical (unpaired) electrons. The van der Waals surface area contributed by atoms with Crippen LogP contribution in [0.15, 0.2) is 113 Å². The monoisotopic (exact) mass is 451 g/mol. The van der Waals surface area contributed by atoms with Gasteiger partial charge in [-0.25, -0.2) is 26.8 Å². The van der Waals surface area contributed by atoms with Crippen LogP contribution in [0.1, 0.15) is 0 Å². The molecule has 0 unspecified atom stereocenters. The fraction of sp³-hybridized carbons (Fsp3) is 0. The number of nitrogens with zero attached hydrogens (tertiary/aromatic N) is 3. The molecule has 0 aliphatic heterocycles. The van der Waals surface area contributed by atoms with E-state index >= 15 is 0 Å². The molecule has 0 aliphatic rings. The lowest BCUT2D eigenvalue weighted by molar-refractivity contribution is 0.584. The van der Waals surface area contributed by atoms with Gasteiger partial charge in [0.05, 0.1) is 15.5 Å². The van der Waals surface area contributed by atoms with Crippen LogP contribution in [0, 0.1) is 0 Å². The van der Waals surface area contributed by atoms with E-state index in [0.29, 0.717) is 3.71 Å². The molecule has 0 fully saturated rings. The van der Waals surface area contributed by atoms with Crippen molar-refractivity contribution in [3.8, 4) is 11.4 Å². The molecule has 0 amide bonds. The highest BCUT2D eigenvalue weighted by Gasteiger charge is 2.38. The zero-order valence-corrected chi connectivity index (χ0v) is 17.7. The molecule has 0 saturated heterocycles. The maximum atomic E-state index is 13.6. The van der Waals surface area contributed by atoms with Crippen LogP contribution in [0.4, 0.5) is 5.69 Å². The SMILES string of the molecule is O=S(=O)(c1ccccc1)N(c1ccccc1-c1ncccn1)S(=O)(=O)c1ccccc1. The van der Waals surface area contributed by atoms with Gasteiger partial charge in [-0.3, -0.25) is 0 Å². The minimum absolute atomic E-state index is 0.0681. The molecule has 0 atom stereocenters. The van der Waals surface area contributed by atoms with Gasteiger partial charge >= 0.3 is 0 Å². The third-order valence-electron chi connectivity index (χ3n) is 4.43. The van der Waals surface area contributed by atoms with Crippen LogP contribution in [-0.4, -0.2) is 26.8 Å². The van der Waals surface area contributed by atoms with Crippen molar-refractivity contribution in [2.45, 2.75) is 9.79 Å². The molecule has 3 aromatic carbocycles. The van der Waals surface area contributed by atoms with Gasteiger partial charge in [0.25, 0.3) is 20.0 Å². The van der Waals surface area contributed by atoms with Crippen molar-refractivity contribution >= 4 is 25.7 Å². The van der Waals surface area contributed by atoms with Crippen LogP contribution < -0.4 is 3.71 Å². The molecular formula is C22H17N3O4S2. The minimum Gasteiger partial charge on any atom is -0.237 e. The number of para-hydroxylation sites is 1. The zero-order valence-electron chi connectivity index (χ0n) is 16.1. The summed E-state index contributed by atoms with van der Waals surface area (Å²) < 4.78 is 55.0. The van der Waals surface area contributed by atoms with Crippen molar-refractivity contribution in [1.29, 1.82) is 0 Å². The summed E-state index contributed by atoms with van der Waals surface area (Å²) >= 11 is 0. The van der Waals surface area contributed by atoms with Crippen molar-refractivity contribution in [3.05, 3.63) is 103 Å². The largest absolute Gasteiger partial charge is 0.277 e. The number of aromatic nitrogens is 2. The standard InChI is InChI=1S/C22H17N3O4S2/c26-30(27,18-10-3-1-4-11-18)25(31(28,29)19-12-5-2-6-13-19)21-15-8-7-14-20(21)22-23-16-9-17-24-22/h1-17H. The van der Waals surface area contributed by atoms with E-state index in [1.54, 1.807) is 36.4 Å². The summed E-state index contributed by atoms with van der Waals surface area (Å²) in [4.78, 5) is 8.04. The summed E-state index contributed by atoms with van der Waals surface area (Å²) in [6, 6.07) is 22.7. The molecule has 0 bridgehead atoms. The molecule has 4 aromatic rings. The van der Waals surface area contributed by atoms with Crippen LogP contribution in [-0.2, 0) is 20.0 Å². The third kappa shape index (κ3) is 3.92. The smallest absolute Gasteiger partial charge is 0.237 e. The molecule has 4 rings (SSSR count). The topological polar surface area (TPSA) is 97.3 Å². The molecule has 0 N–H and O–H groups in total. The highest BCUT2D eigenvalue weighted by atomic mass is 32.3. The number of hydrogen-bond acceptors (Lipinski definition) is 6. The second kappa shape index (κ2) is 8.29. The molecule has 9 heteroatoms. The van der Waals surface area contributed by atoms with Crippen LogP contribution in [0.3, 0.4) is 0 Å². The van der Waals surface area contributed by atoms with Gasteiger partial charge in [-0.1, -0.05) is 48.5 Å². The molecule has 0 aliphatic carbocycles. The summed E-state index contributed by atoms with van der Waals surface area (Å²) in [6.45, 7) is 0. The molecule has 1 aromatic heterocycles. The molecule has 0 saturated carbocycles. The number of hydrogen-bond donors (Lipinski definition) is 0. The lowest BCUT2D eigenvalue weighted by atomic mass is 10.2. The lowest BCUT2D eigenvalue weighted by Gasteiger charge is -2.25. The first kappa shape index (κ1) is 20.7. The van der Waals surface area contributed by atoms with Gasteiger partial charge in [0.1, 0.15) is 0 Å². The number of rotatable bonds is 6. The molecule has 0 spiro atoms. The summed E-state index contributed by atoms with van der Waals surface area (Å²) in [5.41, 5.74) is 0.198. The molecule has 1 heterocycles. The van der Waals surface area contributed by atoms with Crippen LogP contribution in [0.2, 0.25) is 0 Å². The van der Waals surface area contributed by atoms with Crippen LogP contribution in [0.5, 0.6) is 0 Å². The summed E-state index contributed by atoms with van der Waals surface area (Å²) in [7, 11) is -9.00. The van der Waals surface area contributed by atoms with E-state index in [2.05, 4.69) is 9.97 Å². The first-order chi connectivity index (χ1) is 14.9. The Kier molecular flexibility index (Phi) is 5.53. The average molecular weight is 452 g/mol. The Hall–Kier alpha value is -3.56.